The van der Waals surface area contributed by atoms with E-state index in [1.165, 1.54) is 0 Å². The smallest absolute Gasteiger partial charge is 0.217 e. The van der Waals surface area contributed by atoms with Crippen LogP contribution in [0.2, 0.25) is 0 Å². The molecular formula is C19H17N2O+. The molecule has 0 radical (unpaired) electrons. The zero-order valence-electron chi connectivity index (χ0n) is 15.4. The molecule has 0 spiro atoms. The number of para-hydroxylation sites is 1. The van der Waals surface area contributed by atoms with E-state index in [4.69, 9.17) is 8.53 Å². The molecule has 0 saturated heterocycles. The standard InChI is InChI=1S/C19H17N2O/c1-12-17-14-8-4-5-10-16(14)22-19(17)18(13(2)20-12)15-9-6-7-11-21(15)3/h4-11H,1-3H3/q+1/i1D3. The second-order valence-electron chi connectivity index (χ2n) is 5.42. The molecule has 3 heterocycles. The lowest BCUT2D eigenvalue weighted by atomic mass is 10.0. The number of hydrogen-bond acceptors (Lipinski definition) is 2. The van der Waals surface area contributed by atoms with E-state index in [1.54, 1.807) is 0 Å². The average Bonchev–Trinajstić information content (AvgIpc) is 2.93. The highest BCUT2D eigenvalue weighted by atomic mass is 16.3. The molecule has 0 saturated carbocycles. The van der Waals surface area contributed by atoms with Crippen LogP contribution in [-0.4, -0.2) is 4.98 Å². The summed E-state index contributed by atoms with van der Waals surface area (Å²) in [7, 11) is 1.95. The second-order valence-corrected chi connectivity index (χ2v) is 5.42. The molecule has 0 aliphatic heterocycles. The molecule has 3 aromatic heterocycles. The fourth-order valence-electron chi connectivity index (χ4n) is 2.99. The van der Waals surface area contributed by atoms with E-state index < -0.39 is 6.85 Å². The van der Waals surface area contributed by atoms with Crippen molar-refractivity contribution in [3.05, 3.63) is 60.0 Å². The number of nitrogens with zero attached hydrogens (tertiary/aromatic N) is 2. The van der Waals surface area contributed by atoms with Crippen LogP contribution in [0.1, 0.15) is 15.5 Å². The van der Waals surface area contributed by atoms with Crippen molar-refractivity contribution in [1.82, 2.24) is 4.98 Å². The summed E-state index contributed by atoms with van der Waals surface area (Å²) in [5.74, 6) is 0. The van der Waals surface area contributed by atoms with Crippen molar-refractivity contribution < 1.29 is 13.1 Å². The Morgan fingerprint density at radius 3 is 2.73 bits per heavy atom. The first-order valence-corrected chi connectivity index (χ1v) is 7.15. The molecule has 1 aromatic carbocycles. The molecule has 3 heteroatoms. The van der Waals surface area contributed by atoms with Gasteiger partial charge in [0.05, 0.1) is 11.1 Å². The van der Waals surface area contributed by atoms with Gasteiger partial charge in [-0.05, 0) is 25.9 Å². The van der Waals surface area contributed by atoms with Crippen molar-refractivity contribution in [3.8, 4) is 11.3 Å². The van der Waals surface area contributed by atoms with Crippen molar-refractivity contribution in [2.75, 3.05) is 0 Å². The van der Waals surface area contributed by atoms with Crippen molar-refractivity contribution in [3.63, 3.8) is 0 Å². The molecule has 0 aliphatic carbocycles. The lowest BCUT2D eigenvalue weighted by Gasteiger charge is -2.06. The summed E-state index contributed by atoms with van der Waals surface area (Å²) in [6, 6.07) is 13.3. The molecule has 22 heavy (non-hydrogen) atoms. The van der Waals surface area contributed by atoms with E-state index in [1.807, 2.05) is 67.2 Å². The molecule has 4 aromatic rings. The zero-order chi connectivity index (χ0) is 17.8. The number of furan rings is 1. The van der Waals surface area contributed by atoms with E-state index in [2.05, 4.69) is 4.98 Å². The molecule has 0 fully saturated rings. The van der Waals surface area contributed by atoms with Gasteiger partial charge in [-0.25, -0.2) is 4.57 Å². The minimum absolute atomic E-state index is 0.0901. The van der Waals surface area contributed by atoms with Gasteiger partial charge in [0.1, 0.15) is 18.2 Å². The van der Waals surface area contributed by atoms with E-state index >= 15 is 0 Å². The minimum atomic E-state index is -2.31. The predicted octanol–water partition coefficient (Wildman–Crippen LogP) is 4.09. The summed E-state index contributed by atoms with van der Waals surface area (Å²) in [5.41, 5.74) is 3.71. The van der Waals surface area contributed by atoms with Gasteiger partial charge in [0, 0.05) is 27.3 Å². The van der Waals surface area contributed by atoms with Gasteiger partial charge in [0.15, 0.2) is 11.8 Å². The Morgan fingerprint density at radius 2 is 1.91 bits per heavy atom. The van der Waals surface area contributed by atoms with E-state index in [-0.39, 0.29) is 5.69 Å². The third kappa shape index (κ3) is 1.75. The maximum atomic E-state index is 7.91. The molecule has 4 rings (SSSR count). The summed E-state index contributed by atoms with van der Waals surface area (Å²) in [6.07, 6.45) is 1.95. The Labute approximate surface area is 133 Å². The van der Waals surface area contributed by atoms with Crippen LogP contribution in [0.5, 0.6) is 0 Å². The summed E-state index contributed by atoms with van der Waals surface area (Å²) in [4.78, 5) is 4.48. The number of hydrogen-bond donors (Lipinski definition) is 0. The molecule has 0 unspecified atom stereocenters. The van der Waals surface area contributed by atoms with Gasteiger partial charge >= 0.3 is 0 Å². The molecule has 0 N–H and O–H groups in total. The van der Waals surface area contributed by atoms with Gasteiger partial charge in [-0.15, -0.1) is 0 Å². The average molecular weight is 292 g/mol. The summed E-state index contributed by atoms with van der Waals surface area (Å²) >= 11 is 0. The maximum Gasteiger partial charge on any atom is 0.217 e. The lowest BCUT2D eigenvalue weighted by Crippen LogP contribution is -2.30. The van der Waals surface area contributed by atoms with Crippen LogP contribution >= 0.6 is 0 Å². The fourth-order valence-corrected chi connectivity index (χ4v) is 2.99. The third-order valence-electron chi connectivity index (χ3n) is 4.01. The van der Waals surface area contributed by atoms with Crippen LogP contribution in [-0.2, 0) is 7.05 Å². The first-order chi connectivity index (χ1) is 11.9. The van der Waals surface area contributed by atoms with Gasteiger partial charge in [0.2, 0.25) is 5.69 Å². The van der Waals surface area contributed by atoms with E-state index in [0.717, 1.165) is 16.6 Å². The number of rotatable bonds is 1. The highest BCUT2D eigenvalue weighted by molar-refractivity contribution is 6.10. The molecule has 0 amide bonds. The highest BCUT2D eigenvalue weighted by Crippen LogP contribution is 2.37. The van der Waals surface area contributed by atoms with Crippen LogP contribution in [0.4, 0.5) is 0 Å². The summed E-state index contributed by atoms with van der Waals surface area (Å²) in [6.45, 7) is -0.489. The predicted molar refractivity (Wildman–Crippen MR) is 87.6 cm³/mol. The fraction of sp³-hybridized carbons (Fsp3) is 0.158. The molecule has 0 bridgehead atoms. The molecule has 108 valence electrons. The van der Waals surface area contributed by atoms with Crippen LogP contribution in [0, 0.1) is 13.8 Å². The maximum absolute atomic E-state index is 7.91. The molecular weight excluding hydrogens is 272 g/mol. The van der Waals surface area contributed by atoms with Crippen LogP contribution in [0.3, 0.4) is 0 Å². The third-order valence-corrected chi connectivity index (χ3v) is 4.01. The summed E-state index contributed by atoms with van der Waals surface area (Å²) < 4.78 is 31.8. The quantitative estimate of drug-likeness (QED) is 0.495. The Kier molecular flexibility index (Phi) is 2.15. The number of benzene rings is 1. The van der Waals surface area contributed by atoms with Crippen LogP contribution < -0.4 is 4.57 Å². The summed E-state index contributed by atoms with van der Waals surface area (Å²) in [5, 5.41) is 1.34. The van der Waals surface area contributed by atoms with Crippen molar-refractivity contribution >= 4 is 21.9 Å². The number of aromatic nitrogens is 2. The number of fused-ring (bicyclic) bond motifs is 3. The Balaban J connectivity index is 2.23. The Morgan fingerprint density at radius 1 is 1.09 bits per heavy atom. The SMILES string of the molecule is [2H]C([2H])([2H])c1nc(C)c(-c2cccc[n+]2C)c2oc3ccccc3c12. The van der Waals surface area contributed by atoms with Crippen molar-refractivity contribution in [1.29, 1.82) is 0 Å². The molecule has 0 atom stereocenters. The zero-order valence-corrected chi connectivity index (χ0v) is 12.4. The Bertz CT molecular complexity index is 1110. The topological polar surface area (TPSA) is 29.9 Å². The normalized spacial score (nSPS) is 14.0. The number of aryl methyl sites for hydroxylation is 3. The molecule has 3 nitrogen and oxygen atoms in total. The minimum Gasteiger partial charge on any atom is -0.455 e. The van der Waals surface area contributed by atoms with Crippen LogP contribution in [0.25, 0.3) is 33.2 Å². The van der Waals surface area contributed by atoms with Gasteiger partial charge in [-0.3, -0.25) is 4.98 Å². The van der Waals surface area contributed by atoms with Crippen LogP contribution in [0.15, 0.2) is 53.1 Å². The monoisotopic (exact) mass is 292 g/mol. The first kappa shape index (κ1) is 10.1. The number of pyridine rings is 2. The van der Waals surface area contributed by atoms with Crippen molar-refractivity contribution in [2.24, 2.45) is 7.05 Å². The molecule has 0 aliphatic rings. The van der Waals surface area contributed by atoms with Gasteiger partial charge in [-0.2, -0.15) is 0 Å². The van der Waals surface area contributed by atoms with Gasteiger partial charge < -0.3 is 4.42 Å². The highest BCUT2D eigenvalue weighted by Gasteiger charge is 2.22. The van der Waals surface area contributed by atoms with E-state index in [9.17, 15) is 0 Å². The van der Waals surface area contributed by atoms with Gasteiger partial charge in [-0.1, -0.05) is 18.2 Å². The first-order valence-electron chi connectivity index (χ1n) is 8.65. The largest absolute Gasteiger partial charge is 0.455 e. The van der Waals surface area contributed by atoms with E-state index in [0.29, 0.717) is 22.2 Å². The Hall–Kier alpha value is -2.68. The second kappa shape index (κ2) is 4.67. The lowest BCUT2D eigenvalue weighted by molar-refractivity contribution is -0.660. The van der Waals surface area contributed by atoms with Crippen molar-refractivity contribution in [2.45, 2.75) is 13.8 Å². The van der Waals surface area contributed by atoms with Gasteiger partial charge in [0.25, 0.3) is 0 Å².